The lowest BCUT2D eigenvalue weighted by atomic mass is 9.81. The molecular weight excluding hydrogens is 176 g/mol. The van der Waals surface area contributed by atoms with Crippen molar-refractivity contribution in [2.75, 3.05) is 26.9 Å². The number of ether oxygens (including phenoxy) is 2. The normalized spacial score (nSPS) is 21.4. The summed E-state index contributed by atoms with van der Waals surface area (Å²) in [5, 5.41) is 0. The zero-order chi connectivity index (χ0) is 10.4. The van der Waals surface area contributed by atoms with E-state index in [2.05, 4.69) is 13.8 Å². The highest BCUT2D eigenvalue weighted by molar-refractivity contribution is 4.73. The summed E-state index contributed by atoms with van der Waals surface area (Å²) in [4.78, 5) is 0. The molecule has 0 saturated carbocycles. The summed E-state index contributed by atoms with van der Waals surface area (Å²) >= 11 is 0. The fourth-order valence-electron chi connectivity index (χ4n) is 2.40. The van der Waals surface area contributed by atoms with Crippen LogP contribution in [-0.2, 0) is 9.47 Å². The second-order valence-corrected chi connectivity index (χ2v) is 4.79. The molecule has 0 radical (unpaired) electrons. The highest BCUT2D eigenvalue weighted by Crippen LogP contribution is 2.28. The van der Waals surface area contributed by atoms with Crippen molar-refractivity contribution in [1.82, 2.24) is 0 Å². The lowest BCUT2D eigenvalue weighted by molar-refractivity contribution is 0.0197. The van der Waals surface area contributed by atoms with Gasteiger partial charge in [0.15, 0.2) is 0 Å². The standard InChI is InChI=1S/C12H24O2/c1-10(2)8-12(9-13-3)11-4-6-14-7-5-11/h10-12H,4-9H2,1-3H3. The van der Waals surface area contributed by atoms with E-state index < -0.39 is 0 Å². The van der Waals surface area contributed by atoms with Gasteiger partial charge >= 0.3 is 0 Å². The quantitative estimate of drug-likeness (QED) is 0.679. The van der Waals surface area contributed by atoms with Crippen LogP contribution < -0.4 is 0 Å². The molecule has 1 heterocycles. The molecule has 0 aliphatic carbocycles. The second kappa shape index (κ2) is 6.41. The maximum absolute atomic E-state index is 5.39. The molecule has 0 N–H and O–H groups in total. The molecule has 0 aromatic rings. The third-order valence-corrected chi connectivity index (χ3v) is 3.09. The van der Waals surface area contributed by atoms with Gasteiger partial charge in [0.2, 0.25) is 0 Å². The van der Waals surface area contributed by atoms with E-state index in [-0.39, 0.29) is 0 Å². The molecule has 1 aliphatic rings. The maximum atomic E-state index is 5.39. The Hall–Kier alpha value is -0.0800. The van der Waals surface area contributed by atoms with Crippen molar-refractivity contribution >= 4 is 0 Å². The van der Waals surface area contributed by atoms with Crippen molar-refractivity contribution in [3.8, 4) is 0 Å². The summed E-state index contributed by atoms with van der Waals surface area (Å²) in [6.07, 6.45) is 3.74. The Morgan fingerprint density at radius 3 is 2.43 bits per heavy atom. The Morgan fingerprint density at radius 1 is 1.29 bits per heavy atom. The number of hydrogen-bond donors (Lipinski definition) is 0. The van der Waals surface area contributed by atoms with E-state index in [0.717, 1.165) is 37.6 Å². The Kier molecular flexibility index (Phi) is 5.49. The minimum absolute atomic E-state index is 0.740. The summed E-state index contributed by atoms with van der Waals surface area (Å²) in [7, 11) is 1.81. The molecule has 1 aliphatic heterocycles. The van der Waals surface area contributed by atoms with Crippen LogP contribution in [0.4, 0.5) is 0 Å². The van der Waals surface area contributed by atoms with Crippen LogP contribution in [0.2, 0.25) is 0 Å². The molecule has 1 atom stereocenters. The third-order valence-electron chi connectivity index (χ3n) is 3.09. The summed E-state index contributed by atoms with van der Waals surface area (Å²) in [5.41, 5.74) is 0. The highest BCUT2D eigenvalue weighted by atomic mass is 16.5. The Morgan fingerprint density at radius 2 is 1.93 bits per heavy atom. The molecule has 1 saturated heterocycles. The summed E-state index contributed by atoms with van der Waals surface area (Å²) in [6.45, 7) is 7.40. The van der Waals surface area contributed by atoms with Crippen molar-refractivity contribution in [3.63, 3.8) is 0 Å². The van der Waals surface area contributed by atoms with Gasteiger partial charge in [-0.2, -0.15) is 0 Å². The molecule has 0 aromatic heterocycles. The van der Waals surface area contributed by atoms with Crippen LogP contribution in [0.25, 0.3) is 0 Å². The molecule has 0 bridgehead atoms. The van der Waals surface area contributed by atoms with Crippen molar-refractivity contribution in [2.24, 2.45) is 17.8 Å². The molecule has 1 unspecified atom stereocenters. The zero-order valence-corrected chi connectivity index (χ0v) is 9.79. The van der Waals surface area contributed by atoms with Gasteiger partial charge in [-0.05, 0) is 37.0 Å². The maximum Gasteiger partial charge on any atom is 0.0493 e. The van der Waals surface area contributed by atoms with Gasteiger partial charge in [-0.3, -0.25) is 0 Å². The van der Waals surface area contributed by atoms with Gasteiger partial charge in [0, 0.05) is 26.9 Å². The second-order valence-electron chi connectivity index (χ2n) is 4.79. The average molecular weight is 200 g/mol. The number of methoxy groups -OCH3 is 1. The van der Waals surface area contributed by atoms with Crippen LogP contribution in [0.5, 0.6) is 0 Å². The van der Waals surface area contributed by atoms with Crippen LogP contribution in [0.3, 0.4) is 0 Å². The summed E-state index contributed by atoms with van der Waals surface area (Å²) < 4.78 is 10.7. The number of rotatable bonds is 5. The van der Waals surface area contributed by atoms with E-state index >= 15 is 0 Å². The minimum Gasteiger partial charge on any atom is -0.384 e. The number of hydrogen-bond acceptors (Lipinski definition) is 2. The molecule has 1 fully saturated rings. The molecule has 1 rings (SSSR count). The summed E-state index contributed by atoms with van der Waals surface area (Å²) in [5.74, 6) is 2.34. The molecule has 0 spiro atoms. The fourth-order valence-corrected chi connectivity index (χ4v) is 2.40. The van der Waals surface area contributed by atoms with Crippen molar-refractivity contribution in [1.29, 1.82) is 0 Å². The highest BCUT2D eigenvalue weighted by Gasteiger charge is 2.24. The Labute approximate surface area is 88.0 Å². The minimum atomic E-state index is 0.740. The zero-order valence-electron chi connectivity index (χ0n) is 9.79. The monoisotopic (exact) mass is 200 g/mol. The van der Waals surface area contributed by atoms with E-state index in [1.54, 1.807) is 0 Å². The van der Waals surface area contributed by atoms with Gasteiger partial charge in [-0.15, -0.1) is 0 Å². The van der Waals surface area contributed by atoms with Gasteiger partial charge in [0.25, 0.3) is 0 Å². The van der Waals surface area contributed by atoms with Crippen LogP contribution in [0, 0.1) is 17.8 Å². The predicted molar refractivity (Wildman–Crippen MR) is 58.4 cm³/mol. The molecule has 2 nitrogen and oxygen atoms in total. The van der Waals surface area contributed by atoms with E-state index in [1.807, 2.05) is 7.11 Å². The van der Waals surface area contributed by atoms with Gasteiger partial charge in [-0.1, -0.05) is 13.8 Å². The third kappa shape index (κ3) is 3.97. The smallest absolute Gasteiger partial charge is 0.0493 e. The molecule has 0 amide bonds. The Balaban J connectivity index is 2.38. The van der Waals surface area contributed by atoms with Gasteiger partial charge in [0.05, 0.1) is 0 Å². The van der Waals surface area contributed by atoms with E-state index in [1.165, 1.54) is 19.3 Å². The van der Waals surface area contributed by atoms with Crippen LogP contribution in [0.15, 0.2) is 0 Å². The molecule has 84 valence electrons. The molecule has 14 heavy (non-hydrogen) atoms. The van der Waals surface area contributed by atoms with E-state index in [0.29, 0.717) is 0 Å². The van der Waals surface area contributed by atoms with E-state index in [9.17, 15) is 0 Å². The lowest BCUT2D eigenvalue weighted by Gasteiger charge is -2.30. The first-order chi connectivity index (χ1) is 6.74. The fraction of sp³-hybridized carbons (Fsp3) is 1.00. The van der Waals surface area contributed by atoms with Gasteiger partial charge < -0.3 is 9.47 Å². The SMILES string of the molecule is COCC(CC(C)C)C1CCOCC1. The topological polar surface area (TPSA) is 18.5 Å². The predicted octanol–water partition coefficient (Wildman–Crippen LogP) is 2.72. The van der Waals surface area contributed by atoms with Gasteiger partial charge in [0.1, 0.15) is 0 Å². The molecule has 2 heteroatoms. The van der Waals surface area contributed by atoms with Crippen LogP contribution in [0.1, 0.15) is 33.1 Å². The van der Waals surface area contributed by atoms with Gasteiger partial charge in [-0.25, -0.2) is 0 Å². The first-order valence-corrected chi connectivity index (χ1v) is 5.80. The van der Waals surface area contributed by atoms with Crippen LogP contribution in [-0.4, -0.2) is 26.9 Å². The lowest BCUT2D eigenvalue weighted by Crippen LogP contribution is -2.27. The Bertz CT molecular complexity index is 139. The first kappa shape index (κ1) is 12.0. The van der Waals surface area contributed by atoms with Crippen LogP contribution >= 0.6 is 0 Å². The van der Waals surface area contributed by atoms with Crippen molar-refractivity contribution in [2.45, 2.75) is 33.1 Å². The summed E-state index contributed by atoms with van der Waals surface area (Å²) in [6, 6.07) is 0. The average Bonchev–Trinajstić information content (AvgIpc) is 2.18. The molecular formula is C12H24O2. The first-order valence-electron chi connectivity index (χ1n) is 5.80. The van der Waals surface area contributed by atoms with E-state index in [4.69, 9.17) is 9.47 Å². The molecule has 0 aromatic carbocycles. The van der Waals surface area contributed by atoms with Crippen molar-refractivity contribution in [3.05, 3.63) is 0 Å². The largest absolute Gasteiger partial charge is 0.384 e. The van der Waals surface area contributed by atoms with Crippen molar-refractivity contribution < 1.29 is 9.47 Å².